The number of carbonyl (C=O) groups excluding carboxylic acids is 1. The van der Waals surface area contributed by atoms with E-state index >= 15 is 0 Å². The van der Waals surface area contributed by atoms with Crippen molar-refractivity contribution in [3.63, 3.8) is 0 Å². The number of benzene rings is 2. The number of hydrogen-bond donors (Lipinski definition) is 1. The first kappa shape index (κ1) is 19.2. The van der Waals surface area contributed by atoms with Crippen LogP contribution in [0.1, 0.15) is 17.5 Å². The second-order valence-corrected chi connectivity index (χ2v) is 8.36. The van der Waals surface area contributed by atoms with E-state index in [4.69, 9.17) is 9.47 Å². The number of carbonyl (C=O) groups is 1. The van der Waals surface area contributed by atoms with Crippen molar-refractivity contribution in [1.82, 2.24) is 4.31 Å². The summed E-state index contributed by atoms with van der Waals surface area (Å²) < 4.78 is 37.7. The van der Waals surface area contributed by atoms with Crippen molar-refractivity contribution in [3.05, 3.63) is 47.5 Å². The zero-order valence-electron chi connectivity index (χ0n) is 15.5. The van der Waals surface area contributed by atoms with Crippen LogP contribution in [0.5, 0.6) is 11.5 Å². The van der Waals surface area contributed by atoms with E-state index in [0.717, 1.165) is 11.1 Å². The van der Waals surface area contributed by atoms with Crippen LogP contribution in [0.15, 0.2) is 41.3 Å². The summed E-state index contributed by atoms with van der Waals surface area (Å²) in [6, 6.07) is 10.1. The van der Waals surface area contributed by atoms with Crippen LogP contribution < -0.4 is 14.8 Å². The molecule has 0 atom stereocenters. The van der Waals surface area contributed by atoms with Crippen molar-refractivity contribution in [3.8, 4) is 11.5 Å². The van der Waals surface area contributed by atoms with Crippen molar-refractivity contribution in [2.45, 2.75) is 24.3 Å². The van der Waals surface area contributed by atoms with E-state index < -0.39 is 10.0 Å². The largest absolute Gasteiger partial charge is 0.493 e. The minimum Gasteiger partial charge on any atom is -0.493 e. The first-order valence-corrected chi connectivity index (χ1v) is 9.89. The fraction of sp³-hybridized carbons (Fsp3) is 0.316. The molecule has 0 fully saturated rings. The fourth-order valence-corrected chi connectivity index (χ4v) is 4.23. The van der Waals surface area contributed by atoms with Crippen molar-refractivity contribution >= 4 is 21.6 Å². The Balaban J connectivity index is 1.84. The van der Waals surface area contributed by atoms with E-state index in [-0.39, 0.29) is 17.3 Å². The predicted octanol–water partition coefficient (Wildman–Crippen LogP) is 2.41. The minimum absolute atomic E-state index is 0.0521. The summed E-state index contributed by atoms with van der Waals surface area (Å²) >= 11 is 0. The summed E-state index contributed by atoms with van der Waals surface area (Å²) in [5.74, 6) is 1.08. The Bertz CT molecular complexity index is 972. The highest BCUT2D eigenvalue weighted by atomic mass is 32.2. The molecule has 0 saturated carbocycles. The Morgan fingerprint density at radius 2 is 1.78 bits per heavy atom. The van der Waals surface area contributed by atoms with Crippen LogP contribution in [0, 0.1) is 0 Å². The Morgan fingerprint density at radius 1 is 1.04 bits per heavy atom. The molecule has 0 bridgehead atoms. The number of aryl methyl sites for hydroxylation is 1. The van der Waals surface area contributed by atoms with Gasteiger partial charge in [-0.25, -0.2) is 8.42 Å². The van der Waals surface area contributed by atoms with Gasteiger partial charge in [0.05, 0.1) is 19.1 Å². The number of rotatable bonds is 6. The Morgan fingerprint density at radius 3 is 2.48 bits per heavy atom. The third-order valence-electron chi connectivity index (χ3n) is 4.53. The van der Waals surface area contributed by atoms with Crippen LogP contribution in [-0.2, 0) is 27.8 Å². The quantitative estimate of drug-likeness (QED) is 0.819. The number of anilines is 1. The molecule has 2 aromatic carbocycles. The zero-order chi connectivity index (χ0) is 19.6. The van der Waals surface area contributed by atoms with Crippen molar-refractivity contribution < 1.29 is 22.7 Å². The van der Waals surface area contributed by atoms with Crippen LogP contribution in [0.2, 0.25) is 0 Å². The highest BCUT2D eigenvalue weighted by Gasteiger charge is 2.24. The lowest BCUT2D eigenvalue weighted by Crippen LogP contribution is -2.27. The summed E-state index contributed by atoms with van der Waals surface area (Å²) in [5.41, 5.74) is 2.28. The number of hydrogen-bond acceptors (Lipinski definition) is 5. The van der Waals surface area contributed by atoms with Gasteiger partial charge in [-0.05, 0) is 47.9 Å². The molecule has 144 valence electrons. The molecule has 1 aliphatic heterocycles. The molecule has 1 heterocycles. The molecule has 1 amide bonds. The van der Waals surface area contributed by atoms with E-state index in [0.29, 0.717) is 30.0 Å². The van der Waals surface area contributed by atoms with Crippen molar-refractivity contribution in [2.75, 3.05) is 26.6 Å². The molecule has 0 aliphatic carbocycles. The maximum Gasteiger partial charge on any atom is 0.243 e. The average Bonchev–Trinajstić information content (AvgIpc) is 2.67. The smallest absolute Gasteiger partial charge is 0.243 e. The number of sulfonamides is 1. The number of amides is 1. The molecule has 27 heavy (non-hydrogen) atoms. The summed E-state index contributed by atoms with van der Waals surface area (Å²) in [4.78, 5) is 11.7. The van der Waals surface area contributed by atoms with Gasteiger partial charge in [0.15, 0.2) is 11.5 Å². The number of methoxy groups -OCH3 is 2. The molecular formula is C19H22N2O5S. The van der Waals surface area contributed by atoms with Gasteiger partial charge in [0, 0.05) is 25.7 Å². The van der Waals surface area contributed by atoms with E-state index in [1.54, 1.807) is 37.4 Å². The van der Waals surface area contributed by atoms with E-state index in [1.165, 1.54) is 24.5 Å². The first-order valence-electron chi connectivity index (χ1n) is 8.45. The third kappa shape index (κ3) is 3.91. The van der Waals surface area contributed by atoms with Gasteiger partial charge in [0.1, 0.15) is 0 Å². The number of nitrogens with one attached hydrogen (secondary N) is 1. The normalized spacial score (nSPS) is 13.9. The molecule has 0 radical (unpaired) electrons. The molecule has 7 nitrogen and oxygen atoms in total. The molecule has 3 rings (SSSR count). The van der Waals surface area contributed by atoms with Gasteiger partial charge in [-0.3, -0.25) is 4.79 Å². The Hall–Kier alpha value is -2.58. The summed E-state index contributed by atoms with van der Waals surface area (Å²) in [6.45, 7) is 0.191. The standard InChI is InChI=1S/C19H22N2O5S/c1-21(12-13-4-8-17(25-2)18(10-13)26-3)27(23,24)15-6-7-16-14(11-15)5-9-19(22)20-16/h4,6-8,10-11H,5,9,12H2,1-3H3,(H,20,22). The molecule has 1 N–H and O–H groups in total. The van der Waals surface area contributed by atoms with Gasteiger partial charge in [-0.2, -0.15) is 4.31 Å². The monoisotopic (exact) mass is 390 g/mol. The lowest BCUT2D eigenvalue weighted by atomic mass is 10.0. The molecule has 2 aromatic rings. The highest BCUT2D eigenvalue weighted by molar-refractivity contribution is 7.89. The summed E-state index contributed by atoms with van der Waals surface area (Å²) in [7, 11) is 0.948. The number of ether oxygens (including phenoxy) is 2. The zero-order valence-corrected chi connectivity index (χ0v) is 16.3. The summed E-state index contributed by atoms with van der Waals surface area (Å²) in [5, 5.41) is 2.76. The van der Waals surface area contributed by atoms with Gasteiger partial charge < -0.3 is 14.8 Å². The second-order valence-electron chi connectivity index (χ2n) is 6.32. The third-order valence-corrected chi connectivity index (χ3v) is 6.33. The molecule has 0 aromatic heterocycles. The molecule has 1 aliphatic rings. The van der Waals surface area contributed by atoms with Crippen LogP contribution >= 0.6 is 0 Å². The Kier molecular flexibility index (Phi) is 5.38. The lowest BCUT2D eigenvalue weighted by molar-refractivity contribution is -0.116. The Labute approximate surface area is 158 Å². The molecule has 0 saturated heterocycles. The summed E-state index contributed by atoms with van der Waals surface area (Å²) in [6.07, 6.45) is 0.891. The maximum absolute atomic E-state index is 12.9. The second kappa shape index (κ2) is 7.58. The molecule has 0 unspecified atom stereocenters. The number of fused-ring (bicyclic) bond motifs is 1. The van der Waals surface area contributed by atoms with E-state index in [9.17, 15) is 13.2 Å². The highest BCUT2D eigenvalue weighted by Crippen LogP contribution is 2.30. The lowest BCUT2D eigenvalue weighted by Gasteiger charge is -2.21. The van der Waals surface area contributed by atoms with Gasteiger partial charge in [0.25, 0.3) is 0 Å². The molecular weight excluding hydrogens is 368 g/mol. The SMILES string of the molecule is COc1ccc(CN(C)S(=O)(=O)c2ccc3c(c2)CCC(=O)N3)cc1OC. The van der Waals surface area contributed by atoms with Crippen LogP contribution in [0.3, 0.4) is 0 Å². The molecule has 8 heteroatoms. The minimum atomic E-state index is -3.67. The van der Waals surface area contributed by atoms with Crippen LogP contribution in [0.25, 0.3) is 0 Å². The van der Waals surface area contributed by atoms with Crippen molar-refractivity contribution in [2.24, 2.45) is 0 Å². The van der Waals surface area contributed by atoms with Crippen LogP contribution in [-0.4, -0.2) is 39.9 Å². The maximum atomic E-state index is 12.9. The van der Waals surface area contributed by atoms with Gasteiger partial charge in [-0.15, -0.1) is 0 Å². The van der Waals surface area contributed by atoms with Crippen molar-refractivity contribution in [1.29, 1.82) is 0 Å². The average molecular weight is 390 g/mol. The van der Waals surface area contributed by atoms with Gasteiger partial charge in [0.2, 0.25) is 15.9 Å². The fourth-order valence-electron chi connectivity index (χ4n) is 3.02. The van der Waals surface area contributed by atoms with E-state index in [2.05, 4.69) is 5.32 Å². The molecule has 0 spiro atoms. The van der Waals surface area contributed by atoms with Gasteiger partial charge >= 0.3 is 0 Å². The first-order chi connectivity index (χ1) is 12.8. The topological polar surface area (TPSA) is 84.9 Å². The van der Waals surface area contributed by atoms with Crippen LogP contribution in [0.4, 0.5) is 5.69 Å². The number of nitrogens with zero attached hydrogens (tertiary/aromatic N) is 1. The van der Waals surface area contributed by atoms with Gasteiger partial charge in [-0.1, -0.05) is 6.07 Å². The predicted molar refractivity (Wildman–Crippen MR) is 102 cm³/mol. The van der Waals surface area contributed by atoms with E-state index in [1.807, 2.05) is 0 Å².